The summed E-state index contributed by atoms with van der Waals surface area (Å²) in [4.78, 5) is 40.7. The number of nitrogens with one attached hydrogen (secondary N) is 2. The molecule has 0 radical (unpaired) electrons. The molecule has 4 rings (SSSR count). The lowest BCUT2D eigenvalue weighted by Gasteiger charge is -2.31. The van der Waals surface area contributed by atoms with Crippen molar-refractivity contribution in [3.05, 3.63) is 29.8 Å². The molecule has 7 heteroatoms. The molecule has 1 spiro atoms. The largest absolute Gasteiger partial charge is 0.392 e. The van der Waals surface area contributed by atoms with Crippen molar-refractivity contribution in [3.8, 4) is 0 Å². The monoisotopic (exact) mass is 357 g/mol. The fourth-order valence-electron chi connectivity index (χ4n) is 4.74. The van der Waals surface area contributed by atoms with Crippen LogP contribution >= 0.6 is 0 Å². The van der Waals surface area contributed by atoms with Gasteiger partial charge in [0.05, 0.1) is 17.9 Å². The number of nitrogens with zero attached hydrogens (tertiary/aromatic N) is 1. The van der Waals surface area contributed by atoms with E-state index < -0.39 is 29.5 Å². The molecule has 26 heavy (non-hydrogen) atoms. The van der Waals surface area contributed by atoms with Crippen LogP contribution in [0.1, 0.15) is 32.8 Å². The molecule has 0 aliphatic carbocycles. The highest BCUT2D eigenvalue weighted by atomic mass is 16.3. The maximum absolute atomic E-state index is 13.3. The molecule has 3 N–H and O–H groups in total. The molecular formula is C19H23N3O4. The van der Waals surface area contributed by atoms with Crippen LogP contribution in [0.2, 0.25) is 0 Å². The molecule has 7 nitrogen and oxygen atoms in total. The van der Waals surface area contributed by atoms with Crippen LogP contribution in [0, 0.1) is 11.8 Å². The van der Waals surface area contributed by atoms with Gasteiger partial charge in [-0.1, -0.05) is 25.1 Å². The van der Waals surface area contributed by atoms with Gasteiger partial charge in [0.25, 0.3) is 0 Å². The lowest BCUT2D eigenvalue weighted by molar-refractivity contribution is -0.145. The number of para-hydroxylation sites is 1. The number of benzene rings is 1. The van der Waals surface area contributed by atoms with Gasteiger partial charge in [0.15, 0.2) is 0 Å². The highest BCUT2D eigenvalue weighted by Gasteiger charge is 2.71. The molecule has 0 unspecified atom stereocenters. The Morgan fingerprint density at radius 3 is 2.54 bits per heavy atom. The van der Waals surface area contributed by atoms with E-state index in [1.54, 1.807) is 25.1 Å². The summed E-state index contributed by atoms with van der Waals surface area (Å²) in [6, 6.07) is 6.28. The van der Waals surface area contributed by atoms with Crippen molar-refractivity contribution < 1.29 is 19.5 Å². The summed E-state index contributed by atoms with van der Waals surface area (Å²) in [5, 5.41) is 16.3. The predicted molar refractivity (Wildman–Crippen MR) is 93.9 cm³/mol. The third-order valence-electron chi connectivity index (χ3n) is 6.14. The Kier molecular flexibility index (Phi) is 3.71. The highest BCUT2D eigenvalue weighted by Crippen LogP contribution is 2.53. The van der Waals surface area contributed by atoms with Crippen LogP contribution < -0.4 is 10.6 Å². The van der Waals surface area contributed by atoms with E-state index >= 15 is 0 Å². The number of carbonyl (C=O) groups is 3. The Morgan fingerprint density at radius 2 is 1.88 bits per heavy atom. The maximum Gasteiger partial charge on any atom is 0.250 e. The quantitative estimate of drug-likeness (QED) is 0.688. The Labute approximate surface area is 151 Å². The van der Waals surface area contributed by atoms with Gasteiger partial charge in [-0.2, -0.15) is 0 Å². The molecule has 0 bridgehead atoms. The summed E-state index contributed by atoms with van der Waals surface area (Å²) in [7, 11) is 0. The van der Waals surface area contributed by atoms with Gasteiger partial charge in [0, 0.05) is 23.3 Å². The van der Waals surface area contributed by atoms with E-state index in [1.165, 1.54) is 4.90 Å². The standard InChI is InChI=1S/C19H23N3O4/c1-4-9(2)22-16(24)13-14(17(22)25)19(21-15(13)10(3)23)11-7-5-6-8-12(11)20-18(19)26/h5-10,13-15,21,23H,4H2,1-3H3,(H,20,26)/t9-,10-,13-,14-,15-,19+/m0/s1. The topological polar surface area (TPSA) is 98.7 Å². The molecule has 1 aromatic carbocycles. The van der Waals surface area contributed by atoms with Crippen molar-refractivity contribution in [1.82, 2.24) is 10.2 Å². The lowest BCUT2D eigenvalue weighted by Crippen LogP contribution is -2.55. The van der Waals surface area contributed by atoms with Gasteiger partial charge in [-0.25, -0.2) is 0 Å². The maximum atomic E-state index is 13.3. The van der Waals surface area contributed by atoms with Gasteiger partial charge in [-0.05, 0) is 26.3 Å². The summed E-state index contributed by atoms with van der Waals surface area (Å²) < 4.78 is 0. The van der Waals surface area contributed by atoms with Gasteiger partial charge >= 0.3 is 0 Å². The number of anilines is 1. The fraction of sp³-hybridized carbons (Fsp3) is 0.526. The average Bonchev–Trinajstić information content (AvgIpc) is 3.20. The molecule has 3 aliphatic heterocycles. The van der Waals surface area contributed by atoms with Gasteiger partial charge in [0.2, 0.25) is 17.7 Å². The van der Waals surface area contributed by atoms with Crippen molar-refractivity contribution in [2.45, 2.75) is 50.9 Å². The van der Waals surface area contributed by atoms with Gasteiger partial charge in [-0.3, -0.25) is 24.6 Å². The number of imide groups is 1. The van der Waals surface area contributed by atoms with Crippen molar-refractivity contribution in [2.24, 2.45) is 11.8 Å². The minimum atomic E-state index is -1.32. The summed E-state index contributed by atoms with van der Waals surface area (Å²) in [6.07, 6.45) is -0.240. The first-order chi connectivity index (χ1) is 12.3. The van der Waals surface area contributed by atoms with Gasteiger partial charge in [0.1, 0.15) is 5.54 Å². The van der Waals surface area contributed by atoms with E-state index in [9.17, 15) is 19.5 Å². The second-order valence-electron chi connectivity index (χ2n) is 7.53. The van der Waals surface area contributed by atoms with Crippen molar-refractivity contribution in [1.29, 1.82) is 0 Å². The number of hydrogen-bond donors (Lipinski definition) is 3. The van der Waals surface area contributed by atoms with E-state index in [4.69, 9.17) is 0 Å². The summed E-state index contributed by atoms with van der Waals surface area (Å²) in [5.41, 5.74) is -0.0229. The molecule has 0 saturated carbocycles. The number of fused-ring (bicyclic) bond motifs is 4. The third kappa shape index (κ3) is 1.92. The number of amides is 3. The van der Waals surface area contributed by atoms with Crippen LogP contribution in [-0.2, 0) is 19.9 Å². The van der Waals surface area contributed by atoms with Crippen LogP contribution in [0.3, 0.4) is 0 Å². The van der Waals surface area contributed by atoms with Crippen LogP contribution in [0.5, 0.6) is 0 Å². The molecular weight excluding hydrogens is 334 g/mol. The SMILES string of the molecule is CC[C@H](C)N1C(=O)[C@@H]2[C@H]([C@H](C)O)N[C@@]3(C(=O)Nc4ccccc43)[C@@H]2C1=O. The van der Waals surface area contributed by atoms with E-state index in [0.29, 0.717) is 17.7 Å². The molecule has 2 fully saturated rings. The van der Waals surface area contributed by atoms with E-state index in [-0.39, 0.29) is 23.8 Å². The van der Waals surface area contributed by atoms with Crippen molar-refractivity contribution in [2.75, 3.05) is 5.32 Å². The van der Waals surface area contributed by atoms with Crippen molar-refractivity contribution in [3.63, 3.8) is 0 Å². The number of rotatable bonds is 3. The Bertz CT molecular complexity index is 808. The number of aliphatic hydroxyl groups excluding tert-OH is 1. The van der Waals surface area contributed by atoms with Gasteiger partial charge in [-0.15, -0.1) is 0 Å². The number of likely N-dealkylation sites (tertiary alicyclic amines) is 1. The highest BCUT2D eigenvalue weighted by molar-refractivity contribution is 6.15. The molecule has 6 atom stereocenters. The zero-order chi connectivity index (χ0) is 18.8. The summed E-state index contributed by atoms with van der Waals surface area (Å²) >= 11 is 0. The van der Waals surface area contributed by atoms with Crippen LogP contribution in [-0.4, -0.2) is 45.9 Å². The molecule has 3 amide bonds. The smallest absolute Gasteiger partial charge is 0.250 e. The molecule has 3 aliphatic rings. The normalized spacial score (nSPS) is 34.8. The second-order valence-corrected chi connectivity index (χ2v) is 7.53. The first kappa shape index (κ1) is 17.2. The van der Waals surface area contributed by atoms with Crippen LogP contribution in [0.4, 0.5) is 5.69 Å². The summed E-state index contributed by atoms with van der Waals surface area (Å²) in [5.74, 6) is -2.59. The molecule has 1 aromatic rings. The number of hydrogen-bond acceptors (Lipinski definition) is 5. The molecule has 2 saturated heterocycles. The number of aliphatic hydroxyl groups is 1. The Balaban J connectivity index is 1.90. The molecule has 138 valence electrons. The Hall–Kier alpha value is -2.25. The fourth-order valence-corrected chi connectivity index (χ4v) is 4.74. The zero-order valence-corrected chi connectivity index (χ0v) is 15.0. The molecule has 3 heterocycles. The van der Waals surface area contributed by atoms with Gasteiger partial charge < -0.3 is 10.4 Å². The first-order valence-corrected chi connectivity index (χ1v) is 9.08. The lowest BCUT2D eigenvalue weighted by atomic mass is 9.76. The average molecular weight is 357 g/mol. The van der Waals surface area contributed by atoms with Crippen LogP contribution in [0.25, 0.3) is 0 Å². The summed E-state index contributed by atoms with van der Waals surface area (Å²) in [6.45, 7) is 5.32. The second kappa shape index (κ2) is 5.62. The van der Waals surface area contributed by atoms with E-state index in [0.717, 1.165) is 0 Å². The van der Waals surface area contributed by atoms with Crippen LogP contribution in [0.15, 0.2) is 24.3 Å². The predicted octanol–water partition coefficient (Wildman–Crippen LogP) is 0.586. The zero-order valence-electron chi connectivity index (χ0n) is 15.0. The minimum Gasteiger partial charge on any atom is -0.392 e. The minimum absolute atomic E-state index is 0.244. The Morgan fingerprint density at radius 1 is 1.19 bits per heavy atom. The number of carbonyl (C=O) groups excluding carboxylic acids is 3. The third-order valence-corrected chi connectivity index (χ3v) is 6.14. The molecule has 0 aromatic heterocycles. The van der Waals surface area contributed by atoms with E-state index in [1.807, 2.05) is 19.9 Å². The van der Waals surface area contributed by atoms with E-state index in [2.05, 4.69) is 10.6 Å². The van der Waals surface area contributed by atoms with Crippen molar-refractivity contribution >= 4 is 23.4 Å². The first-order valence-electron chi connectivity index (χ1n) is 9.08.